The number of aryl methyl sites for hydroxylation is 1. The Balaban J connectivity index is 1.92. The van der Waals surface area contributed by atoms with E-state index in [0.29, 0.717) is 0 Å². The number of hydrogen-bond acceptors (Lipinski definition) is 4. The maximum Gasteiger partial charge on any atom is 0.208 e. The highest BCUT2D eigenvalue weighted by Crippen LogP contribution is 2.25. The molecule has 0 radical (unpaired) electrons. The van der Waals surface area contributed by atoms with Crippen LogP contribution in [0, 0.1) is 6.92 Å². The number of nitrogens with zero attached hydrogens (tertiary/aromatic N) is 3. The van der Waals surface area contributed by atoms with Crippen molar-refractivity contribution in [3.8, 4) is 5.69 Å². The molecule has 4 nitrogen and oxygen atoms in total. The lowest BCUT2D eigenvalue weighted by Crippen LogP contribution is -2.13. The number of anilines is 1. The molecule has 0 amide bonds. The van der Waals surface area contributed by atoms with E-state index in [-0.39, 0.29) is 6.04 Å². The molecule has 0 spiro atoms. The third kappa shape index (κ3) is 2.97. The fourth-order valence-corrected chi connectivity index (χ4v) is 3.06. The van der Waals surface area contributed by atoms with Gasteiger partial charge < -0.3 is 5.32 Å². The van der Waals surface area contributed by atoms with Gasteiger partial charge in [-0.3, -0.25) is 4.57 Å². The van der Waals surface area contributed by atoms with Crippen molar-refractivity contribution < 1.29 is 0 Å². The van der Waals surface area contributed by atoms with Crippen LogP contribution < -0.4 is 5.32 Å². The molecular formula is C16H18N4S. The lowest BCUT2D eigenvalue weighted by atomic mass is 10.2. The Morgan fingerprint density at radius 2 is 2.10 bits per heavy atom. The molecule has 0 aliphatic rings. The number of nitrogens with one attached hydrogen (secondary N) is 1. The first-order chi connectivity index (χ1) is 10.3. The zero-order chi connectivity index (χ0) is 14.7. The van der Waals surface area contributed by atoms with Gasteiger partial charge >= 0.3 is 0 Å². The van der Waals surface area contributed by atoms with Gasteiger partial charge in [0.2, 0.25) is 5.95 Å². The minimum absolute atomic E-state index is 0.189. The molecule has 5 heteroatoms. The Morgan fingerprint density at radius 1 is 1.29 bits per heavy atom. The molecule has 2 heterocycles. The first kappa shape index (κ1) is 13.8. The van der Waals surface area contributed by atoms with Crippen LogP contribution in [0.5, 0.6) is 0 Å². The van der Waals surface area contributed by atoms with Crippen molar-refractivity contribution in [2.24, 2.45) is 0 Å². The topological polar surface area (TPSA) is 42.7 Å². The Labute approximate surface area is 128 Å². The monoisotopic (exact) mass is 298 g/mol. The summed E-state index contributed by atoms with van der Waals surface area (Å²) in [7, 11) is 0. The summed E-state index contributed by atoms with van der Waals surface area (Å²) >= 11 is 1.67. The van der Waals surface area contributed by atoms with Gasteiger partial charge in [0, 0.05) is 23.5 Å². The van der Waals surface area contributed by atoms with Gasteiger partial charge in [0.05, 0.1) is 11.7 Å². The summed E-state index contributed by atoms with van der Waals surface area (Å²) in [6, 6.07) is 10.4. The first-order valence-corrected chi connectivity index (χ1v) is 7.93. The van der Waals surface area contributed by atoms with E-state index in [1.54, 1.807) is 11.3 Å². The van der Waals surface area contributed by atoms with E-state index in [1.165, 1.54) is 0 Å². The maximum absolute atomic E-state index is 4.61. The van der Waals surface area contributed by atoms with Gasteiger partial charge in [-0.05, 0) is 25.5 Å². The Kier molecular flexibility index (Phi) is 4.01. The van der Waals surface area contributed by atoms with Crippen LogP contribution in [0.1, 0.15) is 30.1 Å². The number of rotatable bonds is 5. The van der Waals surface area contributed by atoms with E-state index in [0.717, 1.165) is 28.8 Å². The van der Waals surface area contributed by atoms with Crippen LogP contribution in [0.25, 0.3) is 5.69 Å². The van der Waals surface area contributed by atoms with Crippen molar-refractivity contribution in [3.05, 3.63) is 58.8 Å². The van der Waals surface area contributed by atoms with E-state index in [4.69, 9.17) is 0 Å². The van der Waals surface area contributed by atoms with Gasteiger partial charge in [-0.2, -0.15) is 0 Å². The number of imidazole rings is 1. The summed E-state index contributed by atoms with van der Waals surface area (Å²) in [6.45, 7) is 4.16. The first-order valence-electron chi connectivity index (χ1n) is 7.05. The minimum atomic E-state index is 0.189. The highest BCUT2D eigenvalue weighted by Gasteiger charge is 2.15. The molecule has 1 unspecified atom stereocenters. The largest absolute Gasteiger partial charge is 0.346 e. The summed E-state index contributed by atoms with van der Waals surface area (Å²) in [5, 5.41) is 6.62. The predicted octanol–water partition coefficient (Wildman–Crippen LogP) is 4.20. The van der Waals surface area contributed by atoms with Gasteiger partial charge in [0.25, 0.3) is 0 Å². The molecule has 0 saturated carbocycles. The highest BCUT2D eigenvalue weighted by molar-refractivity contribution is 7.09. The molecule has 1 atom stereocenters. The minimum Gasteiger partial charge on any atom is -0.346 e. The lowest BCUT2D eigenvalue weighted by molar-refractivity contribution is 0.728. The molecule has 1 N–H and O–H groups in total. The predicted molar refractivity (Wildman–Crippen MR) is 87.1 cm³/mol. The van der Waals surface area contributed by atoms with Crippen molar-refractivity contribution in [2.75, 3.05) is 5.32 Å². The van der Waals surface area contributed by atoms with Gasteiger partial charge in [0.15, 0.2) is 0 Å². The fraction of sp³-hybridized carbons (Fsp3) is 0.250. The van der Waals surface area contributed by atoms with Crippen LogP contribution in [-0.4, -0.2) is 14.5 Å². The van der Waals surface area contributed by atoms with Crippen LogP contribution in [-0.2, 0) is 0 Å². The second kappa shape index (κ2) is 6.10. The van der Waals surface area contributed by atoms with Crippen molar-refractivity contribution in [3.63, 3.8) is 0 Å². The zero-order valence-electron chi connectivity index (χ0n) is 12.2. The second-order valence-electron chi connectivity index (χ2n) is 4.89. The molecular weight excluding hydrogens is 280 g/mol. The molecule has 2 aromatic heterocycles. The van der Waals surface area contributed by atoms with Crippen molar-refractivity contribution in [1.29, 1.82) is 0 Å². The number of benzene rings is 1. The quantitative estimate of drug-likeness (QED) is 0.767. The van der Waals surface area contributed by atoms with Crippen LogP contribution >= 0.6 is 11.3 Å². The molecule has 0 bridgehead atoms. The average molecular weight is 298 g/mol. The van der Waals surface area contributed by atoms with Gasteiger partial charge in [0.1, 0.15) is 5.01 Å². The molecule has 0 fully saturated rings. The van der Waals surface area contributed by atoms with Crippen LogP contribution in [0.4, 0.5) is 5.95 Å². The van der Waals surface area contributed by atoms with Gasteiger partial charge in [-0.25, -0.2) is 9.97 Å². The molecule has 0 saturated heterocycles. The summed E-state index contributed by atoms with van der Waals surface area (Å²) in [5.41, 5.74) is 2.10. The third-order valence-electron chi connectivity index (χ3n) is 3.32. The average Bonchev–Trinajstić information content (AvgIpc) is 3.15. The Morgan fingerprint density at radius 3 is 2.76 bits per heavy atom. The van der Waals surface area contributed by atoms with Crippen LogP contribution in [0.3, 0.4) is 0 Å². The summed E-state index contributed by atoms with van der Waals surface area (Å²) in [4.78, 5) is 9.03. The van der Waals surface area contributed by atoms with E-state index >= 15 is 0 Å². The smallest absolute Gasteiger partial charge is 0.208 e. The van der Waals surface area contributed by atoms with Gasteiger partial charge in [-0.15, -0.1) is 11.3 Å². The number of thiazole rings is 1. The molecule has 3 rings (SSSR count). The number of para-hydroxylation sites is 1. The van der Waals surface area contributed by atoms with E-state index < -0.39 is 0 Å². The van der Waals surface area contributed by atoms with Crippen LogP contribution in [0.2, 0.25) is 0 Å². The Bertz CT molecular complexity index is 688. The van der Waals surface area contributed by atoms with Crippen molar-refractivity contribution in [1.82, 2.24) is 14.5 Å². The number of hydrogen-bond donors (Lipinski definition) is 1. The summed E-state index contributed by atoms with van der Waals surface area (Å²) in [6.07, 6.45) is 4.86. The summed E-state index contributed by atoms with van der Waals surface area (Å²) < 4.78 is 2.09. The van der Waals surface area contributed by atoms with E-state index in [1.807, 2.05) is 42.9 Å². The Hall–Kier alpha value is -2.14. The lowest BCUT2D eigenvalue weighted by Gasteiger charge is -2.16. The highest BCUT2D eigenvalue weighted by atomic mass is 32.1. The van der Waals surface area contributed by atoms with E-state index in [2.05, 4.69) is 38.9 Å². The normalized spacial score (nSPS) is 12.3. The molecule has 21 heavy (non-hydrogen) atoms. The molecule has 0 aliphatic carbocycles. The van der Waals surface area contributed by atoms with E-state index in [9.17, 15) is 0 Å². The number of aromatic nitrogens is 3. The standard InChI is InChI=1S/C16H18N4S/c1-3-14(15-17-9-10-21-15)19-16-18-12(2)11-20(16)13-7-5-4-6-8-13/h4-11,14H,3H2,1-2H3,(H,18,19). The molecule has 0 aliphatic heterocycles. The molecule has 3 aromatic rings. The fourth-order valence-electron chi connectivity index (χ4n) is 2.29. The summed E-state index contributed by atoms with van der Waals surface area (Å²) in [5.74, 6) is 0.862. The third-order valence-corrected chi connectivity index (χ3v) is 4.21. The zero-order valence-corrected chi connectivity index (χ0v) is 13.0. The van der Waals surface area contributed by atoms with Crippen molar-refractivity contribution in [2.45, 2.75) is 26.3 Å². The van der Waals surface area contributed by atoms with Crippen LogP contribution in [0.15, 0.2) is 48.1 Å². The SMILES string of the molecule is CCC(Nc1nc(C)cn1-c1ccccc1)c1nccs1. The maximum atomic E-state index is 4.61. The van der Waals surface area contributed by atoms with Crippen molar-refractivity contribution >= 4 is 17.3 Å². The van der Waals surface area contributed by atoms with Gasteiger partial charge in [-0.1, -0.05) is 25.1 Å². The molecule has 108 valence electrons. The second-order valence-corrected chi connectivity index (χ2v) is 5.81. The molecule has 1 aromatic carbocycles.